The lowest BCUT2D eigenvalue weighted by molar-refractivity contribution is 0.874. The predicted molar refractivity (Wildman–Crippen MR) is 115 cm³/mol. The molecule has 0 unspecified atom stereocenters. The maximum absolute atomic E-state index is 5.87. The summed E-state index contributed by atoms with van der Waals surface area (Å²) in [5.74, 6) is 1.15. The maximum Gasteiger partial charge on any atom is 0.209 e. The third-order valence-corrected chi connectivity index (χ3v) is 4.94. The molecule has 134 valence electrons. The van der Waals surface area contributed by atoms with Gasteiger partial charge >= 0.3 is 0 Å². The number of benzene rings is 2. The minimum atomic E-state index is 0.577. The van der Waals surface area contributed by atoms with E-state index in [2.05, 4.69) is 39.1 Å². The van der Waals surface area contributed by atoms with Crippen LogP contribution in [0.4, 0.5) is 10.8 Å². The number of nitrogens with zero attached hydrogens (tertiary/aromatic N) is 3. The van der Waals surface area contributed by atoms with Crippen molar-refractivity contribution < 1.29 is 0 Å². The highest BCUT2D eigenvalue weighted by Crippen LogP contribution is 2.26. The first-order chi connectivity index (χ1) is 12.8. The van der Waals surface area contributed by atoms with Crippen LogP contribution in [0.25, 0.3) is 11.3 Å². The topological polar surface area (TPSA) is 28.5 Å². The fourth-order valence-electron chi connectivity index (χ4n) is 2.54. The number of rotatable bonds is 8. The molecule has 0 saturated carbocycles. The first-order valence-corrected chi connectivity index (χ1v) is 10.3. The molecule has 0 radical (unpaired) electrons. The molecule has 26 heavy (non-hydrogen) atoms. The second-order valence-corrected chi connectivity index (χ2v) is 7.19. The fraction of sp³-hybridized carbons (Fsp3) is 0.200. The molecule has 0 N–H and O–H groups in total. The molecule has 0 aliphatic carbocycles. The average Bonchev–Trinajstić information content (AvgIpc) is 3.16. The van der Waals surface area contributed by atoms with Crippen LogP contribution in [0.1, 0.15) is 5.56 Å². The first-order valence-electron chi connectivity index (χ1n) is 8.32. The Morgan fingerprint density at radius 3 is 2.31 bits per heavy atom. The Hall–Kier alpha value is -1.88. The summed E-state index contributed by atoms with van der Waals surface area (Å²) in [4.78, 5) is 11.2. The summed E-state index contributed by atoms with van der Waals surface area (Å²) in [5.41, 5.74) is 4.20. The molecule has 3 rings (SSSR count). The molecule has 3 nitrogen and oxygen atoms in total. The van der Waals surface area contributed by atoms with Gasteiger partial charge in [0.2, 0.25) is 5.13 Å². The fourth-order valence-corrected chi connectivity index (χ4v) is 3.62. The van der Waals surface area contributed by atoms with E-state index < -0.39 is 0 Å². The van der Waals surface area contributed by atoms with Crippen molar-refractivity contribution in [2.75, 3.05) is 29.7 Å². The van der Waals surface area contributed by atoms with Gasteiger partial charge in [-0.2, -0.15) is 0 Å². The van der Waals surface area contributed by atoms with Gasteiger partial charge in [0.05, 0.1) is 5.69 Å². The quantitative estimate of drug-likeness (QED) is 0.348. The van der Waals surface area contributed by atoms with Crippen LogP contribution >= 0.6 is 34.5 Å². The van der Waals surface area contributed by atoms with Gasteiger partial charge in [-0.15, -0.1) is 34.5 Å². The molecule has 0 spiro atoms. The highest BCUT2D eigenvalue weighted by atomic mass is 35.5. The molecule has 0 aliphatic rings. The molecule has 0 fully saturated rings. The molecular weight excluding hydrogens is 385 g/mol. The highest BCUT2D eigenvalue weighted by molar-refractivity contribution is 7.13. The van der Waals surface area contributed by atoms with Crippen LogP contribution in [0.15, 0.2) is 65.0 Å². The van der Waals surface area contributed by atoms with Gasteiger partial charge in [-0.25, -0.2) is 9.98 Å². The lowest BCUT2D eigenvalue weighted by Gasteiger charge is -2.22. The van der Waals surface area contributed by atoms with Crippen molar-refractivity contribution in [2.24, 2.45) is 4.99 Å². The number of hydrogen-bond acceptors (Lipinski definition) is 4. The van der Waals surface area contributed by atoms with Gasteiger partial charge in [-0.05, 0) is 17.7 Å². The van der Waals surface area contributed by atoms with Crippen LogP contribution in [-0.2, 0) is 0 Å². The number of alkyl halides is 2. The Morgan fingerprint density at radius 2 is 1.65 bits per heavy atom. The van der Waals surface area contributed by atoms with Gasteiger partial charge in [-0.1, -0.05) is 42.5 Å². The Kier molecular flexibility index (Phi) is 7.06. The summed E-state index contributed by atoms with van der Waals surface area (Å²) in [7, 11) is 0. The smallest absolute Gasteiger partial charge is 0.209 e. The second-order valence-electron chi connectivity index (χ2n) is 5.60. The summed E-state index contributed by atoms with van der Waals surface area (Å²) < 4.78 is 0. The number of aromatic nitrogens is 1. The molecule has 0 atom stereocenters. The van der Waals surface area contributed by atoms with Crippen LogP contribution < -0.4 is 4.90 Å². The summed E-state index contributed by atoms with van der Waals surface area (Å²) in [6.07, 6.45) is 1.84. The molecule has 2 aromatic carbocycles. The van der Waals surface area contributed by atoms with E-state index in [0.717, 1.165) is 40.7 Å². The SMILES string of the molecule is ClCCN(CCCl)c1ccc(C=Nc2nc(-c3ccccc3)cs2)cc1. The molecular formula is C20H19Cl2N3S. The van der Waals surface area contributed by atoms with Crippen LogP contribution in [-0.4, -0.2) is 36.0 Å². The number of hydrogen-bond donors (Lipinski definition) is 0. The van der Waals surface area contributed by atoms with E-state index in [1.54, 1.807) is 0 Å². The Labute approximate surface area is 167 Å². The zero-order chi connectivity index (χ0) is 18.2. The molecule has 1 aromatic heterocycles. The molecule has 0 bridgehead atoms. The van der Waals surface area contributed by atoms with Crippen LogP contribution in [0.3, 0.4) is 0 Å². The maximum atomic E-state index is 5.87. The van der Waals surface area contributed by atoms with Gasteiger partial charge < -0.3 is 4.90 Å². The average molecular weight is 404 g/mol. The van der Waals surface area contributed by atoms with E-state index in [-0.39, 0.29) is 0 Å². The molecule has 0 amide bonds. The molecule has 0 aliphatic heterocycles. The summed E-state index contributed by atoms with van der Waals surface area (Å²) >= 11 is 13.3. The zero-order valence-corrected chi connectivity index (χ0v) is 16.5. The van der Waals surface area contributed by atoms with Crippen molar-refractivity contribution >= 4 is 51.6 Å². The van der Waals surface area contributed by atoms with Gasteiger partial charge in [0.1, 0.15) is 0 Å². The number of aliphatic imine (C=N–C) groups is 1. The van der Waals surface area contributed by atoms with Crippen molar-refractivity contribution in [1.29, 1.82) is 0 Å². The Bertz CT molecular complexity index is 826. The Morgan fingerprint density at radius 1 is 0.962 bits per heavy atom. The predicted octanol–water partition coefficient (Wildman–Crippen LogP) is 5.84. The molecule has 0 saturated heterocycles. The summed E-state index contributed by atoms with van der Waals surface area (Å²) in [6, 6.07) is 18.3. The van der Waals surface area contributed by atoms with Crippen molar-refractivity contribution in [1.82, 2.24) is 4.98 Å². The van der Waals surface area contributed by atoms with Crippen molar-refractivity contribution in [3.8, 4) is 11.3 Å². The zero-order valence-electron chi connectivity index (χ0n) is 14.2. The monoisotopic (exact) mass is 403 g/mol. The third kappa shape index (κ3) is 5.07. The van der Waals surface area contributed by atoms with Crippen molar-refractivity contribution in [3.05, 3.63) is 65.5 Å². The number of anilines is 1. The van der Waals surface area contributed by atoms with Crippen molar-refractivity contribution in [3.63, 3.8) is 0 Å². The number of halogens is 2. The van der Waals surface area contributed by atoms with Gasteiger partial charge in [0.15, 0.2) is 0 Å². The van der Waals surface area contributed by atoms with Crippen LogP contribution in [0.5, 0.6) is 0 Å². The van der Waals surface area contributed by atoms with E-state index in [4.69, 9.17) is 23.2 Å². The van der Waals surface area contributed by atoms with Gasteiger partial charge in [0.25, 0.3) is 0 Å². The second kappa shape index (κ2) is 9.72. The normalized spacial score (nSPS) is 11.2. The minimum absolute atomic E-state index is 0.577. The largest absolute Gasteiger partial charge is 0.369 e. The molecule has 3 aromatic rings. The van der Waals surface area contributed by atoms with E-state index in [1.807, 2.05) is 41.9 Å². The molecule has 6 heteroatoms. The highest BCUT2D eigenvalue weighted by Gasteiger charge is 2.05. The van der Waals surface area contributed by atoms with E-state index in [0.29, 0.717) is 11.8 Å². The Balaban J connectivity index is 1.68. The summed E-state index contributed by atoms with van der Waals surface area (Å²) in [5, 5.41) is 2.78. The van der Waals surface area contributed by atoms with E-state index >= 15 is 0 Å². The van der Waals surface area contributed by atoms with E-state index in [1.165, 1.54) is 11.3 Å². The van der Waals surface area contributed by atoms with E-state index in [9.17, 15) is 0 Å². The van der Waals surface area contributed by atoms with Crippen molar-refractivity contribution in [2.45, 2.75) is 0 Å². The van der Waals surface area contributed by atoms with Gasteiger partial charge in [-0.3, -0.25) is 0 Å². The minimum Gasteiger partial charge on any atom is -0.369 e. The third-order valence-electron chi connectivity index (χ3n) is 3.85. The lowest BCUT2D eigenvalue weighted by Crippen LogP contribution is -2.27. The van der Waals surface area contributed by atoms with Crippen LogP contribution in [0.2, 0.25) is 0 Å². The van der Waals surface area contributed by atoms with Crippen LogP contribution in [0, 0.1) is 0 Å². The number of thiazole rings is 1. The summed E-state index contributed by atoms with van der Waals surface area (Å²) in [6.45, 7) is 1.56. The molecule has 1 heterocycles. The lowest BCUT2D eigenvalue weighted by atomic mass is 10.2. The standard InChI is InChI=1S/C20H19Cl2N3S/c21-10-12-25(13-11-22)18-8-6-16(7-9-18)14-23-20-24-19(15-26-20)17-4-2-1-3-5-17/h1-9,14-15H,10-13H2. The first kappa shape index (κ1) is 18.9. The van der Waals surface area contributed by atoms with Gasteiger partial charge in [0, 0.05) is 47.7 Å².